The molecule has 116 valence electrons. The molecule has 0 atom stereocenters. The molecule has 0 unspecified atom stereocenters. The maximum absolute atomic E-state index is 11.9. The highest BCUT2D eigenvalue weighted by molar-refractivity contribution is 7.99. The minimum Gasteiger partial charge on any atom is -0.334 e. The number of nitrogen functional groups attached to an aromatic ring is 1. The number of nitrogens with two attached hydrogens (primary N) is 1. The van der Waals surface area contributed by atoms with Crippen LogP contribution in [-0.2, 0) is 4.79 Å². The molecule has 2 aromatic rings. The van der Waals surface area contributed by atoms with Gasteiger partial charge in [-0.1, -0.05) is 41.0 Å². The summed E-state index contributed by atoms with van der Waals surface area (Å²) in [6.45, 7) is 1.50. The lowest BCUT2D eigenvalue weighted by molar-refractivity contribution is -0.113. The van der Waals surface area contributed by atoms with E-state index < -0.39 is 5.56 Å². The molecule has 7 nitrogen and oxygen atoms in total. The smallest absolute Gasteiger partial charge is 0.294 e. The van der Waals surface area contributed by atoms with Gasteiger partial charge < -0.3 is 11.2 Å². The molecule has 0 radical (unpaired) electrons. The zero-order valence-electron chi connectivity index (χ0n) is 11.3. The first-order chi connectivity index (χ1) is 10.4. The summed E-state index contributed by atoms with van der Waals surface area (Å²) in [5.74, 6) is 5.18. The zero-order valence-corrected chi connectivity index (χ0v) is 13.7. The lowest BCUT2D eigenvalue weighted by atomic mass is 10.3. The highest BCUT2D eigenvalue weighted by Crippen LogP contribution is 2.29. The number of hydrogen-bond donors (Lipinski definition) is 2. The second-order valence-corrected chi connectivity index (χ2v) is 5.93. The number of nitrogens with zero attached hydrogens (tertiary/aromatic N) is 3. The quantitative estimate of drug-likeness (QED) is 0.636. The van der Waals surface area contributed by atoms with Crippen molar-refractivity contribution in [3.8, 4) is 0 Å². The number of hydrogen-bond acceptors (Lipinski definition) is 6. The number of carbonyl (C=O) groups excluding carboxylic acids is 1. The van der Waals surface area contributed by atoms with Gasteiger partial charge in [0.2, 0.25) is 11.1 Å². The van der Waals surface area contributed by atoms with Crippen molar-refractivity contribution < 1.29 is 4.79 Å². The summed E-state index contributed by atoms with van der Waals surface area (Å²) in [5.41, 5.74) is 0.0442. The van der Waals surface area contributed by atoms with Gasteiger partial charge in [0.1, 0.15) is 5.69 Å². The summed E-state index contributed by atoms with van der Waals surface area (Å²) in [6.07, 6.45) is 0. The summed E-state index contributed by atoms with van der Waals surface area (Å²) in [7, 11) is 0. The fourth-order valence-corrected chi connectivity index (χ4v) is 2.64. The third-order valence-corrected chi connectivity index (χ3v) is 4.15. The van der Waals surface area contributed by atoms with Crippen LogP contribution in [0.5, 0.6) is 0 Å². The van der Waals surface area contributed by atoms with Gasteiger partial charge >= 0.3 is 0 Å². The van der Waals surface area contributed by atoms with Crippen molar-refractivity contribution in [2.45, 2.75) is 12.1 Å². The summed E-state index contributed by atoms with van der Waals surface area (Å²) in [5, 5.41) is 10.8. The molecule has 3 N–H and O–H groups in total. The summed E-state index contributed by atoms with van der Waals surface area (Å²) in [4.78, 5) is 23.5. The summed E-state index contributed by atoms with van der Waals surface area (Å²) in [6, 6.07) is 4.89. The number of para-hydroxylation sites is 1. The molecule has 0 fully saturated rings. The number of thioether (sulfide) groups is 1. The van der Waals surface area contributed by atoms with Crippen molar-refractivity contribution in [2.24, 2.45) is 0 Å². The molecule has 1 amide bonds. The number of amides is 1. The molecule has 0 aliphatic carbocycles. The molecule has 10 heteroatoms. The molecular weight excluding hydrogens is 349 g/mol. The van der Waals surface area contributed by atoms with Crippen LogP contribution in [0.3, 0.4) is 0 Å². The molecule has 1 aromatic heterocycles. The van der Waals surface area contributed by atoms with E-state index in [1.807, 2.05) is 0 Å². The lowest BCUT2D eigenvalue weighted by Gasteiger charge is -2.09. The maximum Gasteiger partial charge on any atom is 0.294 e. The van der Waals surface area contributed by atoms with Crippen LogP contribution in [0, 0.1) is 6.92 Å². The summed E-state index contributed by atoms with van der Waals surface area (Å²) < 4.78 is 0.850. The second-order valence-electron chi connectivity index (χ2n) is 4.18. The highest BCUT2D eigenvalue weighted by atomic mass is 35.5. The van der Waals surface area contributed by atoms with Crippen LogP contribution >= 0.6 is 35.0 Å². The fourth-order valence-electron chi connectivity index (χ4n) is 1.49. The average Bonchev–Trinajstić information content (AvgIpc) is 2.48. The zero-order chi connectivity index (χ0) is 16.3. The first-order valence-electron chi connectivity index (χ1n) is 5.98. The standard InChI is InChI=1S/C12H11Cl2N5O2S/c1-6-11(21)19(15)12(18-17-6)22-5-9(20)16-10-7(13)3-2-4-8(10)14/h2-4H,5,15H2,1H3,(H,16,20). The van der Waals surface area contributed by atoms with E-state index >= 15 is 0 Å². The van der Waals surface area contributed by atoms with Gasteiger partial charge in [-0.25, -0.2) is 0 Å². The van der Waals surface area contributed by atoms with Gasteiger partial charge in [-0.2, -0.15) is 4.68 Å². The second kappa shape index (κ2) is 6.99. The van der Waals surface area contributed by atoms with E-state index in [0.29, 0.717) is 15.7 Å². The Balaban J connectivity index is 2.05. The van der Waals surface area contributed by atoms with Crippen molar-refractivity contribution >= 4 is 46.6 Å². The minimum atomic E-state index is -0.466. The number of anilines is 1. The number of aromatic nitrogens is 3. The monoisotopic (exact) mass is 359 g/mol. The molecular formula is C12H11Cl2N5O2S. The number of benzene rings is 1. The van der Waals surface area contributed by atoms with Crippen molar-refractivity contribution in [3.05, 3.63) is 44.3 Å². The molecule has 0 aliphatic rings. The minimum absolute atomic E-state index is 0.0318. The van der Waals surface area contributed by atoms with Crippen LogP contribution in [0.25, 0.3) is 0 Å². The van der Waals surface area contributed by atoms with Crippen LogP contribution in [0.4, 0.5) is 5.69 Å². The Morgan fingerprint density at radius 2 is 2.00 bits per heavy atom. The Labute approximate surface area is 139 Å². The summed E-state index contributed by atoms with van der Waals surface area (Å²) >= 11 is 12.9. The third-order valence-electron chi connectivity index (χ3n) is 2.58. The number of halogens is 2. The van der Waals surface area contributed by atoms with Gasteiger partial charge in [-0.15, -0.1) is 10.2 Å². The Kier molecular flexibility index (Phi) is 5.28. The van der Waals surface area contributed by atoms with E-state index in [2.05, 4.69) is 15.5 Å². The van der Waals surface area contributed by atoms with Crippen LogP contribution in [0.2, 0.25) is 10.0 Å². The van der Waals surface area contributed by atoms with Gasteiger partial charge in [-0.3, -0.25) is 9.59 Å². The molecule has 0 spiro atoms. The molecule has 0 saturated heterocycles. The van der Waals surface area contributed by atoms with Gasteiger partial charge in [-0.05, 0) is 19.1 Å². The van der Waals surface area contributed by atoms with E-state index in [1.54, 1.807) is 18.2 Å². The SMILES string of the molecule is Cc1nnc(SCC(=O)Nc2c(Cl)cccc2Cl)n(N)c1=O. The first kappa shape index (κ1) is 16.6. The average molecular weight is 360 g/mol. The van der Waals surface area contributed by atoms with Crippen molar-refractivity contribution in [3.63, 3.8) is 0 Å². The molecule has 0 bridgehead atoms. The first-order valence-corrected chi connectivity index (χ1v) is 7.72. The van der Waals surface area contributed by atoms with Crippen LogP contribution < -0.4 is 16.7 Å². The molecule has 2 rings (SSSR count). The molecule has 0 saturated carbocycles. The Hall–Kier alpha value is -1.77. The van der Waals surface area contributed by atoms with Crippen molar-refractivity contribution in [2.75, 3.05) is 16.9 Å². The number of nitrogens with one attached hydrogen (secondary N) is 1. The van der Waals surface area contributed by atoms with Crippen LogP contribution in [0.1, 0.15) is 5.69 Å². The van der Waals surface area contributed by atoms with Gasteiger partial charge in [0.25, 0.3) is 5.56 Å². The fraction of sp³-hybridized carbons (Fsp3) is 0.167. The molecule has 22 heavy (non-hydrogen) atoms. The Bertz CT molecular complexity index is 760. The topological polar surface area (TPSA) is 103 Å². The van der Waals surface area contributed by atoms with Crippen LogP contribution in [-0.4, -0.2) is 26.5 Å². The van der Waals surface area contributed by atoms with Crippen molar-refractivity contribution in [1.29, 1.82) is 0 Å². The predicted molar refractivity (Wildman–Crippen MR) is 87.0 cm³/mol. The number of carbonyl (C=O) groups is 1. The number of rotatable bonds is 4. The van der Waals surface area contributed by atoms with E-state index in [0.717, 1.165) is 16.4 Å². The maximum atomic E-state index is 11.9. The van der Waals surface area contributed by atoms with Crippen LogP contribution in [0.15, 0.2) is 28.2 Å². The molecule has 1 heterocycles. The Morgan fingerprint density at radius 1 is 1.36 bits per heavy atom. The molecule has 1 aromatic carbocycles. The van der Waals surface area contributed by atoms with Gasteiger partial charge in [0.15, 0.2) is 0 Å². The third kappa shape index (κ3) is 3.70. The lowest BCUT2D eigenvalue weighted by Crippen LogP contribution is -2.32. The van der Waals surface area contributed by atoms with E-state index in [1.165, 1.54) is 6.92 Å². The Morgan fingerprint density at radius 3 is 2.64 bits per heavy atom. The van der Waals surface area contributed by atoms with E-state index in [4.69, 9.17) is 29.0 Å². The highest BCUT2D eigenvalue weighted by Gasteiger charge is 2.13. The number of aryl methyl sites for hydroxylation is 1. The van der Waals surface area contributed by atoms with Gasteiger partial charge in [0, 0.05) is 0 Å². The van der Waals surface area contributed by atoms with Crippen molar-refractivity contribution in [1.82, 2.24) is 14.9 Å². The van der Waals surface area contributed by atoms with E-state index in [9.17, 15) is 9.59 Å². The van der Waals surface area contributed by atoms with E-state index in [-0.39, 0.29) is 22.5 Å². The normalized spacial score (nSPS) is 10.5. The predicted octanol–water partition coefficient (Wildman–Crippen LogP) is 1.70. The largest absolute Gasteiger partial charge is 0.334 e. The molecule has 0 aliphatic heterocycles. The van der Waals surface area contributed by atoms with Gasteiger partial charge in [0.05, 0.1) is 21.5 Å².